The molecule has 31 heavy (non-hydrogen) atoms. The summed E-state index contributed by atoms with van der Waals surface area (Å²) in [5.41, 5.74) is 5.99. The Morgan fingerprint density at radius 1 is 1.10 bits per heavy atom. The maximum atomic E-state index is 13.5. The Balaban J connectivity index is 1.81. The van der Waals surface area contributed by atoms with E-state index < -0.39 is 5.92 Å². The number of aromatic nitrogens is 1. The van der Waals surface area contributed by atoms with Crippen LogP contribution in [-0.2, 0) is 9.59 Å². The van der Waals surface area contributed by atoms with Crippen LogP contribution in [0.25, 0.3) is 0 Å². The summed E-state index contributed by atoms with van der Waals surface area (Å²) in [4.78, 5) is 31.1. The van der Waals surface area contributed by atoms with Crippen LogP contribution < -0.4 is 10.6 Å². The number of hydrogen-bond donors (Lipinski definition) is 2. The second-order valence-electron chi connectivity index (χ2n) is 9.46. The number of ketones is 1. The molecule has 1 amide bonds. The molecule has 4 rings (SSSR count). The van der Waals surface area contributed by atoms with E-state index in [2.05, 4.69) is 29.5 Å². The fourth-order valence-electron chi connectivity index (χ4n) is 4.68. The van der Waals surface area contributed by atoms with Crippen molar-refractivity contribution in [2.45, 2.75) is 53.4 Å². The van der Waals surface area contributed by atoms with Gasteiger partial charge in [0.1, 0.15) is 5.82 Å². The van der Waals surface area contributed by atoms with Crippen molar-refractivity contribution in [2.75, 3.05) is 5.32 Å². The van der Waals surface area contributed by atoms with Crippen LogP contribution in [-0.4, -0.2) is 16.7 Å². The first-order valence-electron chi connectivity index (χ1n) is 10.7. The Morgan fingerprint density at radius 3 is 2.52 bits per heavy atom. The predicted molar refractivity (Wildman–Crippen MR) is 122 cm³/mol. The number of nitrogens with zero attached hydrogens (tertiary/aromatic N) is 1. The molecule has 2 aromatic rings. The average molecular weight is 416 g/mol. The Labute approximate surface area is 183 Å². The van der Waals surface area contributed by atoms with E-state index in [0.717, 1.165) is 40.1 Å². The van der Waals surface area contributed by atoms with Crippen LogP contribution in [0.5, 0.6) is 0 Å². The molecule has 1 atom stereocenters. The number of allylic oxidation sites excluding steroid dienone is 3. The van der Waals surface area contributed by atoms with Gasteiger partial charge in [0.15, 0.2) is 5.78 Å². The minimum atomic E-state index is -0.397. The summed E-state index contributed by atoms with van der Waals surface area (Å²) in [7, 11) is 0. The Kier molecular flexibility index (Phi) is 5.29. The lowest BCUT2D eigenvalue weighted by molar-refractivity contribution is -0.118. The number of rotatable bonds is 3. The van der Waals surface area contributed by atoms with E-state index in [1.54, 1.807) is 12.3 Å². The van der Waals surface area contributed by atoms with Crippen molar-refractivity contribution in [3.05, 3.63) is 81.8 Å². The minimum absolute atomic E-state index is 0.106. The van der Waals surface area contributed by atoms with Crippen molar-refractivity contribution in [3.8, 4) is 0 Å². The van der Waals surface area contributed by atoms with E-state index in [4.69, 9.17) is 0 Å². The van der Waals surface area contributed by atoms with Crippen LogP contribution in [0.3, 0.4) is 0 Å². The molecule has 0 unspecified atom stereocenters. The van der Waals surface area contributed by atoms with Crippen LogP contribution in [0.4, 0.5) is 5.82 Å². The lowest BCUT2D eigenvalue weighted by Crippen LogP contribution is -2.39. The number of aryl methyl sites for hydroxylation is 2. The first-order valence-corrected chi connectivity index (χ1v) is 10.7. The monoisotopic (exact) mass is 415 g/mol. The fourth-order valence-corrected chi connectivity index (χ4v) is 4.68. The zero-order chi connectivity index (χ0) is 22.3. The number of benzene rings is 1. The van der Waals surface area contributed by atoms with Crippen molar-refractivity contribution in [3.63, 3.8) is 0 Å². The summed E-state index contributed by atoms with van der Waals surface area (Å²) in [5.74, 6) is -0.0288. The molecule has 0 radical (unpaired) electrons. The zero-order valence-electron chi connectivity index (χ0n) is 18.8. The highest BCUT2D eigenvalue weighted by molar-refractivity contribution is 6.09. The average Bonchev–Trinajstić information content (AvgIpc) is 2.68. The van der Waals surface area contributed by atoms with Gasteiger partial charge in [-0.05, 0) is 55.4 Å². The van der Waals surface area contributed by atoms with E-state index in [-0.39, 0.29) is 17.1 Å². The normalized spacial score (nSPS) is 20.3. The number of amides is 1. The number of pyridine rings is 1. The SMILES string of the molecule is CC1=C(C(=O)Nc2ccc(C)cn2)[C@@H](c2ccccc2C)C2=C(CC(C)(C)CC2=O)N1. The van der Waals surface area contributed by atoms with Gasteiger partial charge in [-0.2, -0.15) is 0 Å². The second-order valence-corrected chi connectivity index (χ2v) is 9.46. The Bertz CT molecular complexity index is 1120. The summed E-state index contributed by atoms with van der Waals surface area (Å²) >= 11 is 0. The molecule has 5 nitrogen and oxygen atoms in total. The predicted octanol–water partition coefficient (Wildman–Crippen LogP) is 4.94. The van der Waals surface area contributed by atoms with E-state index in [0.29, 0.717) is 17.8 Å². The summed E-state index contributed by atoms with van der Waals surface area (Å²) < 4.78 is 0. The van der Waals surface area contributed by atoms with Crippen molar-refractivity contribution >= 4 is 17.5 Å². The Hall–Kier alpha value is -3.21. The number of nitrogens with one attached hydrogen (secondary N) is 2. The summed E-state index contributed by atoms with van der Waals surface area (Å²) in [5, 5.41) is 6.34. The van der Waals surface area contributed by atoms with Gasteiger partial charge < -0.3 is 10.6 Å². The van der Waals surface area contributed by atoms with Gasteiger partial charge in [-0.1, -0.05) is 44.2 Å². The molecule has 0 saturated heterocycles. The van der Waals surface area contributed by atoms with E-state index in [9.17, 15) is 9.59 Å². The van der Waals surface area contributed by atoms with Gasteiger partial charge >= 0.3 is 0 Å². The van der Waals surface area contributed by atoms with Crippen LogP contribution in [0, 0.1) is 19.3 Å². The van der Waals surface area contributed by atoms with Crippen molar-refractivity contribution < 1.29 is 9.59 Å². The molecule has 2 aliphatic rings. The maximum Gasteiger partial charge on any atom is 0.255 e. The van der Waals surface area contributed by atoms with Gasteiger partial charge in [0.2, 0.25) is 0 Å². The van der Waals surface area contributed by atoms with Crippen molar-refractivity contribution in [1.82, 2.24) is 10.3 Å². The Morgan fingerprint density at radius 2 is 1.84 bits per heavy atom. The van der Waals surface area contributed by atoms with Crippen molar-refractivity contribution in [1.29, 1.82) is 0 Å². The van der Waals surface area contributed by atoms with E-state index in [1.807, 2.05) is 51.1 Å². The number of Topliss-reactive ketones (excluding diaryl/α,β-unsaturated/α-hetero) is 1. The molecule has 1 aromatic heterocycles. The molecule has 0 saturated carbocycles. The van der Waals surface area contributed by atoms with Gasteiger partial charge in [-0.25, -0.2) is 4.98 Å². The molecule has 1 aliphatic carbocycles. The van der Waals surface area contributed by atoms with Gasteiger partial charge in [0, 0.05) is 41.1 Å². The van der Waals surface area contributed by atoms with Crippen LogP contribution >= 0.6 is 0 Å². The smallest absolute Gasteiger partial charge is 0.255 e. The maximum absolute atomic E-state index is 13.5. The standard InChI is InChI=1S/C26H29N3O2/c1-15-10-11-21(27-14-15)29-25(31)22-17(3)28-19-12-26(4,5)13-20(30)24(19)23(22)18-9-7-6-8-16(18)2/h6-11,14,23,28H,12-13H2,1-5H3,(H,27,29,31)/t23-/m1/s1. The number of carbonyl (C=O) groups excluding carboxylic acids is 2. The molecular weight excluding hydrogens is 386 g/mol. The molecule has 2 N–H and O–H groups in total. The van der Waals surface area contributed by atoms with Gasteiger partial charge in [0.05, 0.1) is 0 Å². The van der Waals surface area contributed by atoms with Crippen LogP contribution in [0.1, 0.15) is 56.2 Å². The molecule has 1 aromatic carbocycles. The highest BCUT2D eigenvalue weighted by Crippen LogP contribution is 2.47. The number of dihydropyridines is 1. The molecule has 5 heteroatoms. The number of carbonyl (C=O) groups is 2. The minimum Gasteiger partial charge on any atom is -0.362 e. The summed E-state index contributed by atoms with van der Waals surface area (Å²) in [6.07, 6.45) is 2.98. The molecule has 0 bridgehead atoms. The molecular formula is C26H29N3O2. The number of hydrogen-bond acceptors (Lipinski definition) is 4. The van der Waals surface area contributed by atoms with Crippen LogP contribution in [0.2, 0.25) is 0 Å². The molecule has 1 aliphatic heterocycles. The third kappa shape index (κ3) is 4.05. The highest BCUT2D eigenvalue weighted by Gasteiger charge is 2.43. The topological polar surface area (TPSA) is 71.1 Å². The van der Waals surface area contributed by atoms with Crippen molar-refractivity contribution in [2.24, 2.45) is 5.41 Å². The van der Waals surface area contributed by atoms with E-state index in [1.165, 1.54) is 0 Å². The first kappa shape index (κ1) is 21.0. The largest absolute Gasteiger partial charge is 0.362 e. The molecule has 160 valence electrons. The second kappa shape index (κ2) is 7.80. The lowest BCUT2D eigenvalue weighted by atomic mass is 9.68. The van der Waals surface area contributed by atoms with Gasteiger partial charge in [-0.15, -0.1) is 0 Å². The third-order valence-corrected chi connectivity index (χ3v) is 6.14. The third-order valence-electron chi connectivity index (χ3n) is 6.14. The quantitative estimate of drug-likeness (QED) is 0.745. The molecule has 0 fully saturated rings. The van der Waals surface area contributed by atoms with E-state index >= 15 is 0 Å². The summed E-state index contributed by atoms with van der Waals surface area (Å²) in [6.45, 7) is 10.1. The molecule has 0 spiro atoms. The fraction of sp³-hybridized carbons (Fsp3) is 0.346. The van der Waals surface area contributed by atoms with Gasteiger partial charge in [-0.3, -0.25) is 9.59 Å². The number of anilines is 1. The highest BCUT2D eigenvalue weighted by atomic mass is 16.2. The zero-order valence-corrected chi connectivity index (χ0v) is 18.8. The van der Waals surface area contributed by atoms with Gasteiger partial charge in [0.25, 0.3) is 5.91 Å². The lowest BCUT2D eigenvalue weighted by Gasteiger charge is -2.40. The first-order chi connectivity index (χ1) is 14.7. The molecule has 2 heterocycles. The summed E-state index contributed by atoms with van der Waals surface area (Å²) in [6, 6.07) is 11.7. The van der Waals surface area contributed by atoms with Crippen LogP contribution in [0.15, 0.2) is 65.1 Å².